The molecule has 1 aliphatic rings. The maximum atomic E-state index is 12.0. The van der Waals surface area contributed by atoms with Crippen LogP contribution in [0.5, 0.6) is 0 Å². The fourth-order valence-electron chi connectivity index (χ4n) is 2.31. The van der Waals surface area contributed by atoms with Crippen molar-refractivity contribution in [1.29, 1.82) is 0 Å². The van der Waals surface area contributed by atoms with E-state index in [9.17, 15) is 4.79 Å². The van der Waals surface area contributed by atoms with Crippen molar-refractivity contribution >= 4 is 11.6 Å². The maximum Gasteiger partial charge on any atom is 0.241 e. The third-order valence-electron chi connectivity index (χ3n) is 3.49. The zero-order valence-corrected chi connectivity index (χ0v) is 11.8. The molecule has 110 valence electrons. The molecule has 2 heterocycles. The maximum absolute atomic E-state index is 12.0. The third kappa shape index (κ3) is 2.79. The Kier molecular flexibility index (Phi) is 3.68. The quantitative estimate of drug-likeness (QED) is 0.883. The lowest BCUT2D eigenvalue weighted by molar-refractivity contribution is -0.120. The monoisotopic (exact) mass is 287 g/mol. The number of nitrogens with zero attached hydrogens (tertiary/aromatic N) is 4. The fourth-order valence-corrected chi connectivity index (χ4v) is 2.31. The van der Waals surface area contributed by atoms with Crippen molar-refractivity contribution in [2.45, 2.75) is 6.54 Å². The van der Waals surface area contributed by atoms with Crippen molar-refractivity contribution in [3.8, 4) is 11.4 Å². The number of anilines is 1. The number of rotatable bonds is 3. The number of benzene rings is 1. The van der Waals surface area contributed by atoms with Crippen LogP contribution in [0.2, 0.25) is 0 Å². The first-order chi connectivity index (χ1) is 10.2. The summed E-state index contributed by atoms with van der Waals surface area (Å²) in [6, 6.07) is 7.56. The number of hydrogen-bond acceptors (Lipinski definition) is 6. The van der Waals surface area contributed by atoms with Crippen molar-refractivity contribution in [1.82, 2.24) is 15.0 Å². The first-order valence-corrected chi connectivity index (χ1v) is 6.79. The van der Waals surface area contributed by atoms with E-state index in [1.54, 1.807) is 4.90 Å². The van der Waals surface area contributed by atoms with E-state index in [1.165, 1.54) is 0 Å². The van der Waals surface area contributed by atoms with E-state index >= 15 is 0 Å². The average Bonchev–Trinajstić information content (AvgIpc) is 2.96. The minimum Gasteiger partial charge on any atom is -0.338 e. The molecule has 21 heavy (non-hydrogen) atoms. The molecule has 1 aromatic carbocycles. The molecule has 3 rings (SSSR count). The number of nitrogens with two attached hydrogens (primary N) is 1. The molecule has 1 aromatic heterocycles. The second kappa shape index (κ2) is 5.63. The molecule has 2 N–H and O–H groups in total. The molecule has 0 saturated carbocycles. The van der Waals surface area contributed by atoms with Crippen molar-refractivity contribution in [3.63, 3.8) is 0 Å². The summed E-state index contributed by atoms with van der Waals surface area (Å²) in [5.74, 6) is 1.02. The summed E-state index contributed by atoms with van der Waals surface area (Å²) < 4.78 is 4.99. The molecular formula is C14H17N5O2. The first kappa shape index (κ1) is 13.7. The van der Waals surface area contributed by atoms with Gasteiger partial charge in [-0.15, -0.1) is 0 Å². The van der Waals surface area contributed by atoms with E-state index in [0.717, 1.165) is 17.8 Å². The molecule has 0 unspecified atom stereocenters. The molecule has 0 aliphatic carbocycles. The molecule has 1 amide bonds. The fraction of sp³-hybridized carbons (Fsp3) is 0.357. The number of aromatic nitrogens is 2. The lowest BCUT2D eigenvalue weighted by Gasteiger charge is -2.32. The topological polar surface area (TPSA) is 88.5 Å². The lowest BCUT2D eigenvalue weighted by Crippen LogP contribution is -2.48. The van der Waals surface area contributed by atoms with E-state index < -0.39 is 0 Å². The predicted molar refractivity (Wildman–Crippen MR) is 77.5 cm³/mol. The molecule has 0 atom stereocenters. The number of carbonyl (C=O) groups is 1. The van der Waals surface area contributed by atoms with Crippen molar-refractivity contribution < 1.29 is 9.32 Å². The van der Waals surface area contributed by atoms with Crippen LogP contribution < -0.4 is 10.6 Å². The van der Waals surface area contributed by atoms with Crippen molar-refractivity contribution in [3.05, 3.63) is 30.2 Å². The SMILES string of the molecule is CN1CCN(c2ccc(-c3noc(CN)n3)cc2)C(=O)C1. The van der Waals surface area contributed by atoms with Crippen LogP contribution in [0.15, 0.2) is 28.8 Å². The number of hydrogen-bond donors (Lipinski definition) is 1. The van der Waals surface area contributed by atoms with Gasteiger partial charge in [-0.05, 0) is 31.3 Å². The lowest BCUT2D eigenvalue weighted by atomic mass is 10.1. The highest BCUT2D eigenvalue weighted by Crippen LogP contribution is 2.22. The number of amides is 1. The van der Waals surface area contributed by atoms with Gasteiger partial charge in [0.05, 0.1) is 13.1 Å². The van der Waals surface area contributed by atoms with Gasteiger partial charge in [-0.2, -0.15) is 4.98 Å². The van der Waals surface area contributed by atoms with Crippen LogP contribution in [-0.2, 0) is 11.3 Å². The summed E-state index contributed by atoms with van der Waals surface area (Å²) in [6.07, 6.45) is 0. The van der Waals surface area contributed by atoms with Crippen LogP contribution >= 0.6 is 0 Å². The zero-order valence-electron chi connectivity index (χ0n) is 11.8. The summed E-state index contributed by atoms with van der Waals surface area (Å²) in [5.41, 5.74) is 7.17. The van der Waals surface area contributed by atoms with Gasteiger partial charge in [0.25, 0.3) is 0 Å². The predicted octanol–water partition coefficient (Wildman–Crippen LogP) is 0.474. The summed E-state index contributed by atoms with van der Waals surface area (Å²) >= 11 is 0. The second-order valence-electron chi connectivity index (χ2n) is 5.05. The van der Waals surface area contributed by atoms with Gasteiger partial charge in [-0.3, -0.25) is 9.69 Å². The normalized spacial score (nSPS) is 16.5. The Labute approximate surface area is 122 Å². The van der Waals surface area contributed by atoms with Crippen molar-refractivity contribution in [2.24, 2.45) is 5.73 Å². The Morgan fingerprint density at radius 3 is 2.67 bits per heavy atom. The van der Waals surface area contributed by atoms with Gasteiger partial charge in [0, 0.05) is 24.3 Å². The zero-order chi connectivity index (χ0) is 14.8. The summed E-state index contributed by atoms with van der Waals surface area (Å²) in [7, 11) is 1.95. The first-order valence-electron chi connectivity index (χ1n) is 6.79. The van der Waals surface area contributed by atoms with Crippen LogP contribution in [0.4, 0.5) is 5.69 Å². The molecule has 7 nitrogen and oxygen atoms in total. The molecule has 2 aromatic rings. The molecule has 0 spiro atoms. The molecule has 1 saturated heterocycles. The van der Waals surface area contributed by atoms with Gasteiger partial charge in [-0.25, -0.2) is 0 Å². The summed E-state index contributed by atoms with van der Waals surface area (Å²) in [4.78, 5) is 20.0. The van der Waals surface area contributed by atoms with E-state index in [0.29, 0.717) is 24.8 Å². The largest absolute Gasteiger partial charge is 0.338 e. The molecule has 1 aliphatic heterocycles. The number of piperazine rings is 1. The molecule has 0 radical (unpaired) electrons. The van der Waals surface area contributed by atoms with Crippen LogP contribution in [0.3, 0.4) is 0 Å². The van der Waals surface area contributed by atoms with Gasteiger partial charge >= 0.3 is 0 Å². The van der Waals surface area contributed by atoms with E-state index in [1.807, 2.05) is 36.2 Å². The van der Waals surface area contributed by atoms with Gasteiger partial charge in [0.1, 0.15) is 0 Å². The molecule has 0 bridgehead atoms. The average molecular weight is 287 g/mol. The van der Waals surface area contributed by atoms with Gasteiger partial charge in [-0.1, -0.05) is 5.16 Å². The van der Waals surface area contributed by atoms with Crippen LogP contribution in [0.1, 0.15) is 5.89 Å². The smallest absolute Gasteiger partial charge is 0.241 e. The van der Waals surface area contributed by atoms with E-state index in [2.05, 4.69) is 10.1 Å². The minimum atomic E-state index is 0.112. The van der Waals surface area contributed by atoms with Crippen LogP contribution in [-0.4, -0.2) is 47.6 Å². The molecular weight excluding hydrogens is 270 g/mol. The minimum absolute atomic E-state index is 0.112. The Bertz CT molecular complexity index is 637. The van der Waals surface area contributed by atoms with Crippen molar-refractivity contribution in [2.75, 3.05) is 31.6 Å². The summed E-state index contributed by atoms with van der Waals surface area (Å²) in [6.45, 7) is 2.25. The third-order valence-corrected chi connectivity index (χ3v) is 3.49. The standard InChI is InChI=1S/C14H17N5O2/c1-18-6-7-19(13(20)9-18)11-4-2-10(3-5-11)14-16-12(8-15)21-17-14/h2-5H,6-9,15H2,1H3. The molecule has 7 heteroatoms. The Morgan fingerprint density at radius 1 is 1.29 bits per heavy atom. The van der Waals surface area contributed by atoms with Crippen LogP contribution in [0, 0.1) is 0 Å². The highest BCUT2D eigenvalue weighted by atomic mass is 16.5. The highest BCUT2D eigenvalue weighted by Gasteiger charge is 2.22. The second-order valence-corrected chi connectivity index (χ2v) is 5.05. The van der Waals surface area contributed by atoms with Gasteiger partial charge in [0.2, 0.25) is 17.6 Å². The summed E-state index contributed by atoms with van der Waals surface area (Å²) in [5, 5.41) is 3.87. The Balaban J connectivity index is 1.79. The highest BCUT2D eigenvalue weighted by molar-refractivity contribution is 5.95. The Hall–Kier alpha value is -2.25. The number of carbonyl (C=O) groups excluding carboxylic acids is 1. The molecule has 1 fully saturated rings. The van der Waals surface area contributed by atoms with Gasteiger partial charge in [0.15, 0.2) is 0 Å². The Morgan fingerprint density at radius 2 is 2.05 bits per heavy atom. The van der Waals surface area contributed by atoms with E-state index in [-0.39, 0.29) is 12.5 Å². The van der Waals surface area contributed by atoms with Crippen LogP contribution in [0.25, 0.3) is 11.4 Å². The van der Waals surface area contributed by atoms with E-state index in [4.69, 9.17) is 10.3 Å². The number of likely N-dealkylation sites (N-methyl/N-ethyl adjacent to an activating group) is 1. The van der Waals surface area contributed by atoms with Gasteiger partial charge < -0.3 is 15.2 Å².